The highest BCUT2D eigenvalue weighted by molar-refractivity contribution is 6.20. The molecule has 12 heavy (non-hydrogen) atoms. The molecular weight excluding hydrogens is 174 g/mol. The Morgan fingerprint density at radius 3 is 2.92 bits per heavy atom. The van der Waals surface area contributed by atoms with Gasteiger partial charge in [-0.1, -0.05) is 0 Å². The van der Waals surface area contributed by atoms with Gasteiger partial charge in [0.2, 0.25) is 0 Å². The summed E-state index contributed by atoms with van der Waals surface area (Å²) >= 11 is 6.02. The maximum atomic E-state index is 6.02. The molecule has 1 aromatic heterocycles. The number of halogens is 1. The Morgan fingerprint density at radius 1 is 1.58 bits per heavy atom. The largest absolute Gasteiger partial charge is 0.253 e. The van der Waals surface area contributed by atoms with Crippen LogP contribution in [0, 0.1) is 0 Å². The Labute approximate surface area is 76.7 Å². The summed E-state index contributed by atoms with van der Waals surface area (Å²) in [4.78, 5) is 4.23. The van der Waals surface area contributed by atoms with Crippen molar-refractivity contribution >= 4 is 11.6 Å². The van der Waals surface area contributed by atoms with Gasteiger partial charge in [-0.2, -0.15) is 5.10 Å². The van der Waals surface area contributed by atoms with Crippen molar-refractivity contribution in [2.75, 3.05) is 0 Å². The van der Waals surface area contributed by atoms with Gasteiger partial charge in [0, 0.05) is 18.3 Å². The van der Waals surface area contributed by atoms with Crippen molar-refractivity contribution in [2.45, 2.75) is 30.6 Å². The van der Waals surface area contributed by atoms with Crippen LogP contribution in [0.2, 0.25) is 0 Å². The second kappa shape index (κ2) is 3.05. The van der Waals surface area contributed by atoms with Gasteiger partial charge in [0.05, 0.1) is 0 Å². The number of hydrogen-bond donors (Lipinski definition) is 0. The first-order valence-electron chi connectivity index (χ1n) is 4.25. The van der Waals surface area contributed by atoms with Gasteiger partial charge in [0.25, 0.3) is 0 Å². The van der Waals surface area contributed by atoms with Crippen molar-refractivity contribution < 1.29 is 0 Å². The number of hydrogen-bond acceptors (Lipinski definition) is 2. The Bertz CT molecular complexity index is 271. The van der Waals surface area contributed by atoms with E-state index in [9.17, 15) is 0 Å². The molecule has 0 amide bonds. The van der Waals surface area contributed by atoms with Crippen molar-refractivity contribution in [1.82, 2.24) is 14.8 Å². The molecule has 0 aliphatic heterocycles. The number of nitrogens with zero attached hydrogens (tertiary/aromatic N) is 3. The number of rotatable bonds is 1. The predicted octanol–water partition coefficient (Wildman–Crippen LogP) is 1.69. The lowest BCUT2D eigenvalue weighted by Gasteiger charge is -2.06. The third-order valence-electron chi connectivity index (χ3n) is 2.48. The Morgan fingerprint density at radius 2 is 2.42 bits per heavy atom. The number of aromatic nitrogens is 3. The molecule has 0 aromatic carbocycles. The monoisotopic (exact) mass is 185 g/mol. The minimum Gasteiger partial charge on any atom is -0.253 e. The fourth-order valence-corrected chi connectivity index (χ4v) is 2.18. The highest BCUT2D eigenvalue weighted by atomic mass is 35.5. The maximum Gasteiger partial charge on any atom is 0.138 e. The second-order valence-corrected chi connectivity index (χ2v) is 3.97. The summed E-state index contributed by atoms with van der Waals surface area (Å²) in [6, 6.07) is 0. The molecule has 1 heterocycles. The van der Waals surface area contributed by atoms with E-state index >= 15 is 0 Å². The van der Waals surface area contributed by atoms with Gasteiger partial charge >= 0.3 is 0 Å². The van der Waals surface area contributed by atoms with Crippen molar-refractivity contribution in [2.24, 2.45) is 7.05 Å². The Kier molecular flexibility index (Phi) is 2.05. The van der Waals surface area contributed by atoms with Gasteiger partial charge in [-0.3, -0.25) is 4.68 Å². The minimum absolute atomic E-state index is 0.340. The molecule has 2 unspecified atom stereocenters. The molecule has 0 N–H and O–H groups in total. The van der Waals surface area contributed by atoms with Crippen molar-refractivity contribution in [3.63, 3.8) is 0 Å². The standard InChI is InChI=1S/C8H12ClN3/c1-12-8(10-5-11-12)6-2-3-7(9)4-6/h5-7H,2-4H2,1H3. The van der Waals surface area contributed by atoms with Crippen molar-refractivity contribution in [3.05, 3.63) is 12.2 Å². The summed E-state index contributed by atoms with van der Waals surface area (Å²) in [5, 5.41) is 4.39. The van der Waals surface area contributed by atoms with Crippen molar-refractivity contribution in [1.29, 1.82) is 0 Å². The van der Waals surface area contributed by atoms with E-state index in [0.717, 1.165) is 25.1 Å². The minimum atomic E-state index is 0.340. The second-order valence-electron chi connectivity index (χ2n) is 3.35. The maximum absolute atomic E-state index is 6.02. The zero-order chi connectivity index (χ0) is 8.55. The SMILES string of the molecule is Cn1ncnc1C1CCC(Cl)C1. The average Bonchev–Trinajstić information content (AvgIpc) is 2.58. The molecule has 2 rings (SSSR count). The third kappa shape index (κ3) is 1.33. The molecule has 1 aliphatic carbocycles. The van der Waals surface area contributed by atoms with Gasteiger partial charge in [-0.15, -0.1) is 11.6 Å². The van der Waals surface area contributed by atoms with E-state index in [1.54, 1.807) is 6.33 Å². The molecule has 1 saturated carbocycles. The van der Waals surface area contributed by atoms with Crippen LogP contribution in [0.15, 0.2) is 6.33 Å². The molecule has 1 aliphatic rings. The molecule has 1 fully saturated rings. The summed E-state index contributed by atoms with van der Waals surface area (Å²) in [5.41, 5.74) is 0. The van der Waals surface area contributed by atoms with E-state index in [4.69, 9.17) is 11.6 Å². The van der Waals surface area contributed by atoms with E-state index in [1.165, 1.54) is 0 Å². The van der Waals surface area contributed by atoms with E-state index in [-0.39, 0.29) is 0 Å². The van der Waals surface area contributed by atoms with Gasteiger partial charge in [-0.25, -0.2) is 4.98 Å². The molecule has 0 bridgehead atoms. The smallest absolute Gasteiger partial charge is 0.138 e. The lowest BCUT2D eigenvalue weighted by molar-refractivity contribution is 0.602. The molecule has 66 valence electrons. The van der Waals surface area contributed by atoms with Crippen LogP contribution in [0.1, 0.15) is 31.0 Å². The highest BCUT2D eigenvalue weighted by Gasteiger charge is 2.26. The quantitative estimate of drug-likeness (QED) is 0.624. The van der Waals surface area contributed by atoms with Crippen LogP contribution in [-0.4, -0.2) is 20.1 Å². The van der Waals surface area contributed by atoms with Gasteiger partial charge in [-0.05, 0) is 19.3 Å². The molecule has 0 saturated heterocycles. The Balaban J connectivity index is 2.16. The first-order valence-corrected chi connectivity index (χ1v) is 4.69. The topological polar surface area (TPSA) is 30.7 Å². The van der Waals surface area contributed by atoms with E-state index < -0.39 is 0 Å². The van der Waals surface area contributed by atoms with Gasteiger partial charge < -0.3 is 0 Å². The molecule has 1 aromatic rings. The van der Waals surface area contributed by atoms with Crippen LogP contribution < -0.4 is 0 Å². The Hall–Kier alpha value is -0.570. The molecule has 0 spiro atoms. The molecule has 3 nitrogen and oxygen atoms in total. The molecular formula is C8H12ClN3. The fraction of sp³-hybridized carbons (Fsp3) is 0.750. The average molecular weight is 186 g/mol. The summed E-state index contributed by atoms with van der Waals surface area (Å²) in [6.07, 6.45) is 4.92. The molecule has 0 radical (unpaired) electrons. The summed E-state index contributed by atoms with van der Waals surface area (Å²) < 4.78 is 1.85. The lowest BCUT2D eigenvalue weighted by atomic mass is 10.1. The predicted molar refractivity (Wildman–Crippen MR) is 47.2 cm³/mol. The van der Waals surface area contributed by atoms with E-state index in [2.05, 4.69) is 10.1 Å². The van der Waals surface area contributed by atoms with Crippen LogP contribution in [0.3, 0.4) is 0 Å². The molecule has 4 heteroatoms. The van der Waals surface area contributed by atoms with Crippen LogP contribution in [-0.2, 0) is 7.05 Å². The van der Waals surface area contributed by atoms with Crippen molar-refractivity contribution in [3.8, 4) is 0 Å². The zero-order valence-corrected chi connectivity index (χ0v) is 7.83. The number of aryl methyl sites for hydroxylation is 1. The van der Waals surface area contributed by atoms with Crippen LogP contribution in [0.4, 0.5) is 0 Å². The molecule has 2 atom stereocenters. The zero-order valence-electron chi connectivity index (χ0n) is 7.07. The third-order valence-corrected chi connectivity index (χ3v) is 2.88. The number of alkyl halides is 1. The fourth-order valence-electron chi connectivity index (χ4n) is 1.84. The summed E-state index contributed by atoms with van der Waals surface area (Å²) in [6.45, 7) is 0. The normalized spacial score (nSPS) is 29.5. The summed E-state index contributed by atoms with van der Waals surface area (Å²) in [7, 11) is 1.93. The van der Waals surface area contributed by atoms with E-state index in [0.29, 0.717) is 11.3 Å². The van der Waals surface area contributed by atoms with E-state index in [1.807, 2.05) is 11.7 Å². The van der Waals surface area contributed by atoms with Crippen LogP contribution in [0.5, 0.6) is 0 Å². The highest BCUT2D eigenvalue weighted by Crippen LogP contribution is 2.35. The van der Waals surface area contributed by atoms with Crippen LogP contribution in [0.25, 0.3) is 0 Å². The van der Waals surface area contributed by atoms with Gasteiger partial charge in [0.15, 0.2) is 0 Å². The van der Waals surface area contributed by atoms with Crippen LogP contribution >= 0.6 is 11.6 Å². The van der Waals surface area contributed by atoms with Gasteiger partial charge in [0.1, 0.15) is 12.2 Å². The summed E-state index contributed by atoms with van der Waals surface area (Å²) in [5.74, 6) is 1.61. The first-order chi connectivity index (χ1) is 5.77. The first kappa shape index (κ1) is 8.05. The lowest BCUT2D eigenvalue weighted by Crippen LogP contribution is -2.04.